The zero-order valence-corrected chi connectivity index (χ0v) is 8.04. The van der Waals surface area contributed by atoms with Gasteiger partial charge in [0.2, 0.25) is 5.91 Å². The van der Waals surface area contributed by atoms with Gasteiger partial charge >= 0.3 is 0 Å². The van der Waals surface area contributed by atoms with Gasteiger partial charge < -0.3 is 11.1 Å². The summed E-state index contributed by atoms with van der Waals surface area (Å²) >= 11 is 0. The Morgan fingerprint density at radius 1 is 1.64 bits per heavy atom. The molecule has 1 heterocycles. The molecule has 0 radical (unpaired) electrons. The van der Waals surface area contributed by atoms with Gasteiger partial charge in [-0.05, 0) is 19.9 Å². The number of hydrogen-bond donors (Lipinski definition) is 2. The van der Waals surface area contributed by atoms with Crippen molar-refractivity contribution in [3.05, 3.63) is 24.3 Å². The van der Waals surface area contributed by atoms with E-state index in [0.717, 1.165) is 6.20 Å². The predicted octanol–water partition coefficient (Wildman–Crippen LogP) is 0.896. The molecule has 3 N–H and O–H groups in total. The molecular formula is C9H12FN3O. The van der Waals surface area contributed by atoms with Gasteiger partial charge in [0, 0.05) is 6.20 Å². The molecule has 1 rings (SSSR count). The molecule has 0 aromatic carbocycles. The highest BCUT2D eigenvalue weighted by Crippen LogP contribution is 2.12. The summed E-state index contributed by atoms with van der Waals surface area (Å²) < 4.78 is 13.0. The lowest BCUT2D eigenvalue weighted by Crippen LogP contribution is -2.45. The monoisotopic (exact) mass is 197 g/mol. The van der Waals surface area contributed by atoms with Crippen molar-refractivity contribution in [2.75, 3.05) is 5.32 Å². The molecule has 0 saturated carbocycles. The Balaban J connectivity index is 2.80. The van der Waals surface area contributed by atoms with Gasteiger partial charge in [0.15, 0.2) is 5.82 Å². The van der Waals surface area contributed by atoms with Crippen LogP contribution in [-0.4, -0.2) is 16.4 Å². The Morgan fingerprint density at radius 2 is 2.29 bits per heavy atom. The lowest BCUT2D eigenvalue weighted by Gasteiger charge is -2.17. The van der Waals surface area contributed by atoms with Gasteiger partial charge in [-0.15, -0.1) is 0 Å². The van der Waals surface area contributed by atoms with Crippen molar-refractivity contribution in [3.63, 3.8) is 0 Å². The van der Waals surface area contributed by atoms with Gasteiger partial charge in [-0.1, -0.05) is 0 Å². The van der Waals surface area contributed by atoms with E-state index in [-0.39, 0.29) is 5.69 Å². The van der Waals surface area contributed by atoms with Gasteiger partial charge in [-0.2, -0.15) is 0 Å². The number of halogens is 1. The largest absolute Gasteiger partial charge is 0.322 e. The maximum Gasteiger partial charge on any atom is 0.243 e. The highest BCUT2D eigenvalue weighted by Gasteiger charge is 2.22. The van der Waals surface area contributed by atoms with Crippen LogP contribution in [0.4, 0.5) is 10.1 Å². The first-order valence-corrected chi connectivity index (χ1v) is 4.11. The SMILES string of the molecule is CC(C)(N)C(=O)Nc1ccncc1F. The van der Waals surface area contributed by atoms with E-state index < -0.39 is 17.3 Å². The van der Waals surface area contributed by atoms with Crippen molar-refractivity contribution in [3.8, 4) is 0 Å². The van der Waals surface area contributed by atoms with Crippen molar-refractivity contribution in [2.24, 2.45) is 5.73 Å². The van der Waals surface area contributed by atoms with E-state index in [0.29, 0.717) is 0 Å². The van der Waals surface area contributed by atoms with Crippen LogP contribution in [0, 0.1) is 5.82 Å². The molecule has 1 aromatic rings. The number of rotatable bonds is 2. The van der Waals surface area contributed by atoms with Gasteiger partial charge in [0.1, 0.15) is 0 Å². The molecular weight excluding hydrogens is 185 g/mol. The second kappa shape index (κ2) is 3.71. The molecule has 0 aliphatic rings. The standard InChI is InChI=1S/C9H12FN3O/c1-9(2,11)8(14)13-7-3-4-12-5-6(7)10/h3-5H,11H2,1-2H3,(H,12,13,14). The fourth-order valence-corrected chi connectivity index (χ4v) is 0.760. The summed E-state index contributed by atoms with van der Waals surface area (Å²) in [5, 5.41) is 2.37. The predicted molar refractivity (Wildman–Crippen MR) is 51.1 cm³/mol. The average Bonchev–Trinajstić information content (AvgIpc) is 2.07. The van der Waals surface area contributed by atoms with Crippen LogP contribution in [0.25, 0.3) is 0 Å². The molecule has 14 heavy (non-hydrogen) atoms. The summed E-state index contributed by atoms with van der Waals surface area (Å²) in [6, 6.07) is 1.37. The number of pyridine rings is 1. The maximum absolute atomic E-state index is 13.0. The van der Waals surface area contributed by atoms with E-state index in [2.05, 4.69) is 10.3 Å². The van der Waals surface area contributed by atoms with Crippen molar-refractivity contribution in [1.82, 2.24) is 4.98 Å². The number of amides is 1. The van der Waals surface area contributed by atoms with Crippen LogP contribution in [0.15, 0.2) is 18.5 Å². The van der Waals surface area contributed by atoms with Crippen LogP contribution in [0.1, 0.15) is 13.8 Å². The number of hydrogen-bond acceptors (Lipinski definition) is 3. The fourth-order valence-electron chi connectivity index (χ4n) is 0.760. The van der Waals surface area contributed by atoms with Gasteiger partial charge in [0.05, 0.1) is 17.4 Å². The highest BCUT2D eigenvalue weighted by molar-refractivity contribution is 5.97. The second-order valence-electron chi connectivity index (χ2n) is 3.53. The molecule has 1 amide bonds. The summed E-state index contributed by atoms with van der Waals surface area (Å²) in [7, 11) is 0. The highest BCUT2D eigenvalue weighted by atomic mass is 19.1. The van der Waals surface area contributed by atoms with E-state index in [1.807, 2.05) is 0 Å². The molecule has 4 nitrogen and oxygen atoms in total. The molecule has 0 fully saturated rings. The molecule has 1 aromatic heterocycles. The minimum Gasteiger partial charge on any atom is -0.322 e. The van der Waals surface area contributed by atoms with E-state index in [1.165, 1.54) is 12.3 Å². The van der Waals surface area contributed by atoms with Crippen molar-refractivity contribution < 1.29 is 9.18 Å². The van der Waals surface area contributed by atoms with Crippen LogP contribution in [0.3, 0.4) is 0 Å². The first kappa shape index (κ1) is 10.6. The number of nitrogens with zero attached hydrogens (tertiary/aromatic N) is 1. The summed E-state index contributed by atoms with van der Waals surface area (Å²) in [6.07, 6.45) is 2.42. The number of carbonyl (C=O) groups is 1. The van der Waals surface area contributed by atoms with E-state index in [9.17, 15) is 9.18 Å². The Kier molecular flexibility index (Phi) is 2.81. The van der Waals surface area contributed by atoms with Crippen LogP contribution in [0.5, 0.6) is 0 Å². The Labute approximate surface area is 81.3 Å². The fraction of sp³-hybridized carbons (Fsp3) is 0.333. The Bertz CT molecular complexity index is 346. The second-order valence-corrected chi connectivity index (χ2v) is 3.53. The number of nitrogens with one attached hydrogen (secondary N) is 1. The quantitative estimate of drug-likeness (QED) is 0.740. The minimum atomic E-state index is -1.03. The Morgan fingerprint density at radius 3 is 2.79 bits per heavy atom. The third-order valence-electron chi connectivity index (χ3n) is 1.61. The molecule has 0 saturated heterocycles. The number of anilines is 1. The number of nitrogens with two attached hydrogens (primary N) is 1. The summed E-state index contributed by atoms with van der Waals surface area (Å²) in [5.41, 5.74) is 4.58. The van der Waals surface area contributed by atoms with Crippen LogP contribution >= 0.6 is 0 Å². The maximum atomic E-state index is 13.0. The topological polar surface area (TPSA) is 68.0 Å². The van der Waals surface area contributed by atoms with E-state index in [1.54, 1.807) is 13.8 Å². The number of aromatic nitrogens is 1. The lowest BCUT2D eigenvalue weighted by atomic mass is 10.1. The molecule has 0 aliphatic heterocycles. The first-order chi connectivity index (χ1) is 6.41. The summed E-state index contributed by atoms with van der Waals surface area (Å²) in [6.45, 7) is 3.09. The summed E-state index contributed by atoms with van der Waals surface area (Å²) in [5.74, 6) is -1.02. The Hall–Kier alpha value is -1.49. The van der Waals surface area contributed by atoms with Crippen molar-refractivity contribution in [1.29, 1.82) is 0 Å². The third kappa shape index (κ3) is 2.50. The van der Waals surface area contributed by atoms with Crippen LogP contribution < -0.4 is 11.1 Å². The smallest absolute Gasteiger partial charge is 0.243 e. The van der Waals surface area contributed by atoms with Crippen molar-refractivity contribution in [2.45, 2.75) is 19.4 Å². The summed E-state index contributed by atoms with van der Waals surface area (Å²) in [4.78, 5) is 14.9. The van der Waals surface area contributed by atoms with Crippen molar-refractivity contribution >= 4 is 11.6 Å². The number of carbonyl (C=O) groups excluding carboxylic acids is 1. The molecule has 0 atom stereocenters. The third-order valence-corrected chi connectivity index (χ3v) is 1.61. The lowest BCUT2D eigenvalue weighted by molar-refractivity contribution is -0.120. The zero-order valence-electron chi connectivity index (χ0n) is 8.04. The zero-order chi connectivity index (χ0) is 10.8. The van der Waals surface area contributed by atoms with Gasteiger partial charge in [-0.3, -0.25) is 9.78 Å². The minimum absolute atomic E-state index is 0.0866. The molecule has 0 spiro atoms. The van der Waals surface area contributed by atoms with Crippen LogP contribution in [0.2, 0.25) is 0 Å². The average molecular weight is 197 g/mol. The van der Waals surface area contributed by atoms with Gasteiger partial charge in [0.25, 0.3) is 0 Å². The first-order valence-electron chi connectivity index (χ1n) is 4.11. The molecule has 76 valence electrons. The van der Waals surface area contributed by atoms with E-state index in [4.69, 9.17) is 5.73 Å². The normalized spacial score (nSPS) is 11.1. The molecule has 0 bridgehead atoms. The van der Waals surface area contributed by atoms with Crippen LogP contribution in [-0.2, 0) is 4.79 Å². The van der Waals surface area contributed by atoms with E-state index >= 15 is 0 Å². The molecule has 5 heteroatoms. The molecule has 0 aliphatic carbocycles. The van der Waals surface area contributed by atoms with Gasteiger partial charge in [-0.25, -0.2) is 4.39 Å². The molecule has 0 unspecified atom stereocenters.